The van der Waals surface area contributed by atoms with Crippen LogP contribution < -0.4 is 5.32 Å². The van der Waals surface area contributed by atoms with Crippen molar-refractivity contribution in [2.75, 3.05) is 13.1 Å². The zero-order chi connectivity index (χ0) is 11.6. The molecule has 1 fully saturated rings. The van der Waals surface area contributed by atoms with E-state index in [1.807, 2.05) is 0 Å². The number of hydrogen-bond acceptors (Lipinski definition) is 1. The van der Waals surface area contributed by atoms with Gasteiger partial charge in [0.25, 0.3) is 0 Å². The van der Waals surface area contributed by atoms with Crippen LogP contribution in [0.4, 0.5) is 13.2 Å². The van der Waals surface area contributed by atoms with E-state index < -0.39 is 11.7 Å². The Kier molecular flexibility index (Phi) is 4.83. The molecule has 2 rings (SSSR count). The molecule has 17 heavy (non-hydrogen) atoms. The number of rotatable bonds is 2. The quantitative estimate of drug-likeness (QED) is 0.865. The van der Waals surface area contributed by atoms with E-state index in [2.05, 4.69) is 5.32 Å². The van der Waals surface area contributed by atoms with Crippen molar-refractivity contribution in [1.29, 1.82) is 0 Å². The van der Waals surface area contributed by atoms with Crippen LogP contribution in [0.25, 0.3) is 0 Å². The number of hydrogen-bond donors (Lipinski definition) is 1. The topological polar surface area (TPSA) is 12.0 Å². The van der Waals surface area contributed by atoms with Crippen molar-refractivity contribution in [2.45, 2.75) is 19.0 Å². The zero-order valence-electron chi connectivity index (χ0n) is 9.26. The first-order valence-corrected chi connectivity index (χ1v) is 5.43. The minimum absolute atomic E-state index is 0. The summed E-state index contributed by atoms with van der Waals surface area (Å²) in [5.74, 6) is 0.337. The smallest absolute Gasteiger partial charge is 0.316 e. The summed E-state index contributed by atoms with van der Waals surface area (Å²) in [5, 5.41) is 3.17. The van der Waals surface area contributed by atoms with Crippen molar-refractivity contribution in [1.82, 2.24) is 5.32 Å². The van der Waals surface area contributed by atoms with Crippen molar-refractivity contribution in [2.24, 2.45) is 5.92 Å². The molecule has 1 heterocycles. The monoisotopic (exact) mass is 265 g/mol. The maximum absolute atomic E-state index is 12.7. The molecule has 1 aliphatic heterocycles. The van der Waals surface area contributed by atoms with Gasteiger partial charge in [0, 0.05) is 0 Å². The Morgan fingerprint density at radius 1 is 1.24 bits per heavy atom. The molecule has 1 atom stereocenters. The highest BCUT2D eigenvalue weighted by atomic mass is 35.5. The molecule has 1 aromatic carbocycles. The van der Waals surface area contributed by atoms with E-state index in [1.54, 1.807) is 12.1 Å². The highest BCUT2D eigenvalue weighted by Crippen LogP contribution is 2.33. The van der Waals surface area contributed by atoms with Gasteiger partial charge in [-0.25, -0.2) is 0 Å². The van der Waals surface area contributed by atoms with Crippen LogP contribution in [0.2, 0.25) is 0 Å². The molecule has 0 amide bonds. The van der Waals surface area contributed by atoms with Gasteiger partial charge in [-0.2, -0.15) is 13.2 Å². The van der Waals surface area contributed by atoms with Crippen LogP contribution in [0.5, 0.6) is 0 Å². The highest BCUT2D eigenvalue weighted by molar-refractivity contribution is 5.85. The lowest BCUT2D eigenvalue weighted by Crippen LogP contribution is -2.14. The molecule has 0 aromatic heterocycles. The van der Waals surface area contributed by atoms with Gasteiger partial charge in [-0.15, -0.1) is 12.4 Å². The van der Waals surface area contributed by atoms with Gasteiger partial charge >= 0.3 is 6.18 Å². The van der Waals surface area contributed by atoms with E-state index in [0.29, 0.717) is 17.9 Å². The van der Waals surface area contributed by atoms with Gasteiger partial charge in [0.1, 0.15) is 0 Å². The SMILES string of the molecule is Cl.FC(F)(F)c1ccccc1CC1CCNC1. The Morgan fingerprint density at radius 2 is 1.94 bits per heavy atom. The van der Waals surface area contributed by atoms with Crippen LogP contribution in [0.15, 0.2) is 24.3 Å². The molecule has 1 aromatic rings. The standard InChI is InChI=1S/C12H14F3N.ClH/c13-12(14,15)11-4-2-1-3-10(11)7-9-5-6-16-8-9;/h1-4,9,16H,5-8H2;1H. The molecular weight excluding hydrogens is 251 g/mol. The summed E-state index contributed by atoms with van der Waals surface area (Å²) >= 11 is 0. The number of benzene rings is 1. The maximum atomic E-state index is 12.7. The van der Waals surface area contributed by atoms with Crippen LogP contribution in [0.3, 0.4) is 0 Å². The Labute approximate surface area is 105 Å². The first kappa shape index (κ1) is 14.3. The summed E-state index contributed by atoms with van der Waals surface area (Å²) < 4.78 is 38.1. The lowest BCUT2D eigenvalue weighted by Gasteiger charge is -2.15. The summed E-state index contributed by atoms with van der Waals surface area (Å²) in [6, 6.07) is 5.87. The van der Waals surface area contributed by atoms with Crippen LogP contribution in [-0.4, -0.2) is 13.1 Å². The molecule has 1 saturated heterocycles. The summed E-state index contributed by atoms with van der Waals surface area (Å²) in [5.41, 5.74) is -0.0643. The largest absolute Gasteiger partial charge is 0.416 e. The third-order valence-electron chi connectivity index (χ3n) is 2.99. The fourth-order valence-corrected chi connectivity index (χ4v) is 2.17. The van der Waals surface area contributed by atoms with Crippen LogP contribution in [-0.2, 0) is 12.6 Å². The van der Waals surface area contributed by atoms with E-state index in [0.717, 1.165) is 25.6 Å². The molecule has 1 nitrogen and oxygen atoms in total. The van der Waals surface area contributed by atoms with E-state index in [1.165, 1.54) is 6.07 Å². The Morgan fingerprint density at radius 3 is 2.53 bits per heavy atom. The molecule has 1 N–H and O–H groups in total. The van der Waals surface area contributed by atoms with Crippen molar-refractivity contribution in [3.63, 3.8) is 0 Å². The first-order valence-electron chi connectivity index (χ1n) is 5.43. The molecule has 0 bridgehead atoms. The van der Waals surface area contributed by atoms with Crippen LogP contribution in [0, 0.1) is 5.92 Å². The average Bonchev–Trinajstić information content (AvgIpc) is 2.70. The third-order valence-corrected chi connectivity index (χ3v) is 2.99. The zero-order valence-corrected chi connectivity index (χ0v) is 10.1. The van der Waals surface area contributed by atoms with Gasteiger partial charge in [-0.1, -0.05) is 18.2 Å². The summed E-state index contributed by atoms with van der Waals surface area (Å²) in [7, 11) is 0. The number of alkyl halides is 3. The van der Waals surface area contributed by atoms with E-state index in [4.69, 9.17) is 0 Å². The van der Waals surface area contributed by atoms with Crippen molar-refractivity contribution in [3.8, 4) is 0 Å². The van der Waals surface area contributed by atoms with Gasteiger partial charge in [-0.3, -0.25) is 0 Å². The Hall–Kier alpha value is -0.740. The van der Waals surface area contributed by atoms with Gasteiger partial charge < -0.3 is 5.32 Å². The van der Waals surface area contributed by atoms with Gasteiger partial charge in [0.15, 0.2) is 0 Å². The first-order chi connectivity index (χ1) is 7.57. The average molecular weight is 266 g/mol. The van der Waals surface area contributed by atoms with Crippen molar-refractivity contribution >= 4 is 12.4 Å². The molecule has 1 unspecified atom stereocenters. The van der Waals surface area contributed by atoms with Gasteiger partial charge in [0.05, 0.1) is 5.56 Å². The lowest BCUT2D eigenvalue weighted by atomic mass is 9.95. The third kappa shape index (κ3) is 3.61. The molecule has 0 aliphatic carbocycles. The predicted molar refractivity (Wildman–Crippen MR) is 63.4 cm³/mol. The van der Waals surface area contributed by atoms with Gasteiger partial charge in [0.2, 0.25) is 0 Å². The van der Waals surface area contributed by atoms with Crippen molar-refractivity contribution in [3.05, 3.63) is 35.4 Å². The second-order valence-corrected chi connectivity index (χ2v) is 4.22. The van der Waals surface area contributed by atoms with E-state index >= 15 is 0 Å². The molecule has 96 valence electrons. The van der Waals surface area contributed by atoms with E-state index in [-0.39, 0.29) is 12.4 Å². The van der Waals surface area contributed by atoms with Crippen LogP contribution in [0.1, 0.15) is 17.5 Å². The second kappa shape index (κ2) is 5.74. The van der Waals surface area contributed by atoms with Crippen LogP contribution >= 0.6 is 12.4 Å². The predicted octanol–water partition coefficient (Wildman–Crippen LogP) is 3.28. The fraction of sp³-hybridized carbons (Fsp3) is 0.500. The summed E-state index contributed by atoms with van der Waals surface area (Å²) in [6.07, 6.45) is -2.75. The molecule has 0 radical (unpaired) electrons. The minimum Gasteiger partial charge on any atom is -0.316 e. The maximum Gasteiger partial charge on any atom is 0.416 e. The molecular formula is C12H15ClF3N. The lowest BCUT2D eigenvalue weighted by molar-refractivity contribution is -0.138. The van der Waals surface area contributed by atoms with Gasteiger partial charge in [-0.05, 0) is 43.5 Å². The number of nitrogens with one attached hydrogen (secondary N) is 1. The number of halogens is 4. The fourth-order valence-electron chi connectivity index (χ4n) is 2.17. The molecule has 5 heteroatoms. The molecule has 0 spiro atoms. The van der Waals surface area contributed by atoms with Crippen molar-refractivity contribution < 1.29 is 13.2 Å². The molecule has 1 aliphatic rings. The normalized spacial score (nSPS) is 20.1. The Balaban J connectivity index is 0.00000144. The second-order valence-electron chi connectivity index (χ2n) is 4.22. The highest BCUT2D eigenvalue weighted by Gasteiger charge is 2.33. The van der Waals surface area contributed by atoms with E-state index in [9.17, 15) is 13.2 Å². The summed E-state index contributed by atoms with van der Waals surface area (Å²) in [4.78, 5) is 0. The minimum atomic E-state index is -4.23. The molecule has 0 saturated carbocycles. The summed E-state index contributed by atoms with van der Waals surface area (Å²) in [6.45, 7) is 1.74. The Bertz CT molecular complexity index is 359.